The Morgan fingerprint density at radius 1 is 0.300 bits per heavy atom. The van der Waals surface area contributed by atoms with E-state index in [1.165, 1.54) is 98.1 Å². The van der Waals surface area contributed by atoms with Crippen LogP contribution in [-0.2, 0) is 6.42 Å². The molecular weight excluding hydrogens is 621 g/mol. The van der Waals surface area contributed by atoms with E-state index in [0.29, 0.717) is 0 Å². The highest BCUT2D eigenvalue weighted by Crippen LogP contribution is 2.46. The van der Waals surface area contributed by atoms with Crippen LogP contribution in [0.3, 0.4) is 0 Å². The maximum atomic E-state index is 2.44. The largest absolute Gasteiger partial charge is 0.135 e. The standard InChI is InChI=1S/C49H32S/c1-3-11-32(12-4-1)34-16-9-18-36(25-34)38-23-24-48-46(28-38)47-31-42(37-19-10-17-35(26-37)33-13-5-2-6-14-33)30-45(49(47)50-48)41-22-21-40-27-39-15-7-8-20-43(39)44(40)29-41/h1-26,28-31H,27H2. The highest BCUT2D eigenvalue weighted by molar-refractivity contribution is 7.26. The third-order valence-corrected chi connectivity index (χ3v) is 11.5. The Hall–Kier alpha value is -6.02. The Bertz CT molecular complexity index is 2710. The summed E-state index contributed by atoms with van der Waals surface area (Å²) in [4.78, 5) is 0. The molecule has 50 heavy (non-hydrogen) atoms. The molecule has 0 amide bonds. The lowest BCUT2D eigenvalue weighted by Gasteiger charge is -2.12. The summed E-state index contributed by atoms with van der Waals surface area (Å²) in [5.41, 5.74) is 18.0. The molecule has 10 rings (SSSR count). The summed E-state index contributed by atoms with van der Waals surface area (Å²) in [7, 11) is 0. The molecule has 0 fully saturated rings. The average molecular weight is 653 g/mol. The summed E-state index contributed by atoms with van der Waals surface area (Å²) >= 11 is 1.91. The molecule has 1 aliphatic carbocycles. The third kappa shape index (κ3) is 4.98. The molecule has 0 atom stereocenters. The van der Waals surface area contributed by atoms with Crippen molar-refractivity contribution >= 4 is 31.5 Å². The van der Waals surface area contributed by atoms with Gasteiger partial charge >= 0.3 is 0 Å². The zero-order chi connectivity index (χ0) is 33.0. The van der Waals surface area contributed by atoms with Crippen LogP contribution >= 0.6 is 11.3 Å². The Kier molecular flexibility index (Phi) is 6.85. The maximum absolute atomic E-state index is 2.44. The number of benzene rings is 8. The molecule has 0 spiro atoms. The zero-order valence-electron chi connectivity index (χ0n) is 27.4. The maximum Gasteiger partial charge on any atom is 0.0434 e. The van der Waals surface area contributed by atoms with Gasteiger partial charge < -0.3 is 0 Å². The summed E-state index contributed by atoms with van der Waals surface area (Å²) in [5.74, 6) is 0. The minimum Gasteiger partial charge on any atom is -0.135 e. The van der Waals surface area contributed by atoms with Gasteiger partial charge in [-0.15, -0.1) is 11.3 Å². The lowest BCUT2D eigenvalue weighted by Crippen LogP contribution is -1.87. The van der Waals surface area contributed by atoms with Gasteiger partial charge in [-0.3, -0.25) is 0 Å². The summed E-state index contributed by atoms with van der Waals surface area (Å²) in [6, 6.07) is 67.1. The van der Waals surface area contributed by atoms with E-state index in [9.17, 15) is 0 Å². The summed E-state index contributed by atoms with van der Waals surface area (Å²) < 4.78 is 2.65. The number of hydrogen-bond acceptors (Lipinski definition) is 1. The quantitative estimate of drug-likeness (QED) is 0.174. The highest BCUT2D eigenvalue weighted by Gasteiger charge is 2.20. The third-order valence-electron chi connectivity index (χ3n) is 10.3. The summed E-state index contributed by atoms with van der Waals surface area (Å²) in [6.45, 7) is 0. The predicted octanol–water partition coefficient (Wildman–Crippen LogP) is 14.0. The second-order valence-electron chi connectivity index (χ2n) is 13.3. The van der Waals surface area contributed by atoms with E-state index >= 15 is 0 Å². The van der Waals surface area contributed by atoms with Gasteiger partial charge in [0.15, 0.2) is 0 Å². The van der Waals surface area contributed by atoms with Crippen LogP contribution in [0.1, 0.15) is 11.1 Å². The first-order valence-electron chi connectivity index (χ1n) is 17.3. The Morgan fingerprint density at radius 3 is 1.54 bits per heavy atom. The summed E-state index contributed by atoms with van der Waals surface area (Å²) in [5, 5.41) is 2.62. The molecule has 9 aromatic rings. The molecule has 0 radical (unpaired) electrons. The van der Waals surface area contributed by atoms with Crippen molar-refractivity contribution in [3.05, 3.63) is 193 Å². The lowest BCUT2D eigenvalue weighted by atomic mass is 9.92. The molecule has 0 saturated carbocycles. The average Bonchev–Trinajstić information content (AvgIpc) is 3.76. The van der Waals surface area contributed by atoms with Crippen LogP contribution in [0.2, 0.25) is 0 Å². The monoisotopic (exact) mass is 652 g/mol. The van der Waals surface area contributed by atoms with Crippen LogP contribution in [0.5, 0.6) is 0 Å². The van der Waals surface area contributed by atoms with Crippen LogP contribution in [0, 0.1) is 0 Å². The molecule has 0 unspecified atom stereocenters. The van der Waals surface area contributed by atoms with Crippen molar-refractivity contribution in [2.75, 3.05) is 0 Å². The lowest BCUT2D eigenvalue weighted by molar-refractivity contribution is 1.26. The number of hydrogen-bond donors (Lipinski definition) is 0. The van der Waals surface area contributed by atoms with E-state index in [4.69, 9.17) is 0 Å². The number of rotatable bonds is 5. The van der Waals surface area contributed by atoms with Crippen molar-refractivity contribution in [3.63, 3.8) is 0 Å². The van der Waals surface area contributed by atoms with E-state index in [0.717, 1.165) is 6.42 Å². The van der Waals surface area contributed by atoms with Crippen LogP contribution in [0.25, 0.3) is 86.9 Å². The highest BCUT2D eigenvalue weighted by atomic mass is 32.1. The van der Waals surface area contributed by atoms with Gasteiger partial charge in [0, 0.05) is 25.7 Å². The van der Waals surface area contributed by atoms with E-state index < -0.39 is 0 Å². The van der Waals surface area contributed by atoms with Crippen LogP contribution in [-0.4, -0.2) is 0 Å². The van der Waals surface area contributed by atoms with Crippen molar-refractivity contribution in [3.8, 4) is 66.8 Å². The zero-order valence-corrected chi connectivity index (χ0v) is 28.3. The fourth-order valence-corrected chi connectivity index (χ4v) is 8.95. The summed E-state index contributed by atoms with van der Waals surface area (Å²) in [6.07, 6.45) is 1.00. The van der Waals surface area contributed by atoms with E-state index in [2.05, 4.69) is 182 Å². The minimum atomic E-state index is 1.00. The van der Waals surface area contributed by atoms with Crippen LogP contribution < -0.4 is 0 Å². The first-order valence-corrected chi connectivity index (χ1v) is 18.1. The number of thiophene rings is 1. The molecule has 234 valence electrons. The first kappa shape index (κ1) is 28.9. The van der Waals surface area contributed by atoms with Gasteiger partial charge in [-0.1, -0.05) is 140 Å². The van der Waals surface area contributed by atoms with E-state index in [1.54, 1.807) is 0 Å². The van der Waals surface area contributed by atoms with Crippen LogP contribution in [0.15, 0.2) is 182 Å². The molecule has 0 nitrogen and oxygen atoms in total. The molecule has 0 aliphatic heterocycles. The van der Waals surface area contributed by atoms with Gasteiger partial charge in [-0.25, -0.2) is 0 Å². The topological polar surface area (TPSA) is 0 Å². The Balaban J connectivity index is 1.18. The normalized spacial score (nSPS) is 11.9. The van der Waals surface area contributed by atoms with Crippen molar-refractivity contribution in [2.24, 2.45) is 0 Å². The van der Waals surface area contributed by atoms with Gasteiger partial charge in [0.2, 0.25) is 0 Å². The van der Waals surface area contributed by atoms with Crippen LogP contribution in [0.4, 0.5) is 0 Å². The van der Waals surface area contributed by atoms with Crippen molar-refractivity contribution < 1.29 is 0 Å². The second-order valence-corrected chi connectivity index (χ2v) is 14.4. The van der Waals surface area contributed by atoms with Crippen molar-refractivity contribution in [1.29, 1.82) is 0 Å². The molecule has 0 N–H and O–H groups in total. The van der Waals surface area contributed by atoms with E-state index in [1.807, 2.05) is 11.3 Å². The smallest absolute Gasteiger partial charge is 0.0434 e. The van der Waals surface area contributed by atoms with Gasteiger partial charge in [0.1, 0.15) is 0 Å². The fourth-order valence-electron chi connectivity index (χ4n) is 7.75. The molecule has 8 aromatic carbocycles. The second kappa shape index (κ2) is 11.8. The molecule has 1 heteroatoms. The molecule has 0 saturated heterocycles. The van der Waals surface area contributed by atoms with Crippen molar-refractivity contribution in [1.82, 2.24) is 0 Å². The van der Waals surface area contributed by atoms with E-state index in [-0.39, 0.29) is 0 Å². The molecule has 1 aliphatic rings. The molecule has 0 bridgehead atoms. The predicted molar refractivity (Wildman–Crippen MR) is 215 cm³/mol. The van der Waals surface area contributed by atoms with Crippen molar-refractivity contribution in [2.45, 2.75) is 6.42 Å². The molecular formula is C49H32S. The van der Waals surface area contributed by atoms with Gasteiger partial charge in [0.25, 0.3) is 0 Å². The SMILES string of the molecule is c1ccc(-c2cccc(-c3ccc4sc5c(-c6ccc7c(c6)-c6ccccc6C7)cc(-c6cccc(-c7ccccc7)c6)cc5c4c3)c2)cc1. The fraction of sp³-hybridized carbons (Fsp3) is 0.0204. The minimum absolute atomic E-state index is 1.00. The van der Waals surface area contributed by atoms with Gasteiger partial charge in [-0.05, 0) is 121 Å². The molecule has 1 aromatic heterocycles. The molecule has 1 heterocycles. The Labute approximate surface area is 296 Å². The van der Waals surface area contributed by atoms with Gasteiger partial charge in [-0.2, -0.15) is 0 Å². The first-order chi connectivity index (χ1) is 24.7. The Morgan fingerprint density at radius 2 is 0.820 bits per heavy atom. The number of fused-ring (bicyclic) bond motifs is 6. The van der Waals surface area contributed by atoms with Gasteiger partial charge in [0.05, 0.1) is 0 Å².